The smallest absolute Gasteiger partial charge is 0.227 e. The Morgan fingerprint density at radius 1 is 1.35 bits per heavy atom. The molecule has 122 valence electrons. The van der Waals surface area contributed by atoms with Gasteiger partial charge in [0.15, 0.2) is 0 Å². The number of hydrogen-bond donors (Lipinski definition) is 0. The molecule has 1 amide bonds. The fourth-order valence-electron chi connectivity index (χ4n) is 3.15. The predicted octanol–water partition coefficient (Wildman–Crippen LogP) is 2.98. The van der Waals surface area contributed by atoms with Gasteiger partial charge in [0.2, 0.25) is 5.91 Å². The number of benzene rings is 1. The van der Waals surface area contributed by atoms with Crippen molar-refractivity contribution in [2.45, 2.75) is 19.8 Å². The first-order valence-corrected chi connectivity index (χ1v) is 8.94. The van der Waals surface area contributed by atoms with Gasteiger partial charge >= 0.3 is 0 Å². The quantitative estimate of drug-likeness (QED) is 0.817. The SMILES string of the molecule is Cc1ncsc1CCN(C)C[C@H]1CC(=O)N(c2ccccc2)C1. The van der Waals surface area contributed by atoms with E-state index in [2.05, 4.69) is 23.9 Å². The second-order valence-electron chi connectivity index (χ2n) is 6.28. The van der Waals surface area contributed by atoms with Gasteiger partial charge in [-0.25, -0.2) is 4.98 Å². The van der Waals surface area contributed by atoms with Crippen LogP contribution in [0.4, 0.5) is 5.69 Å². The van der Waals surface area contributed by atoms with Gasteiger partial charge in [0.25, 0.3) is 0 Å². The molecule has 0 spiro atoms. The number of amides is 1. The Morgan fingerprint density at radius 3 is 2.83 bits per heavy atom. The highest BCUT2D eigenvalue weighted by Gasteiger charge is 2.30. The number of carbonyl (C=O) groups is 1. The van der Waals surface area contributed by atoms with Crippen LogP contribution in [0.15, 0.2) is 35.8 Å². The lowest BCUT2D eigenvalue weighted by atomic mass is 10.1. The number of thiazole rings is 1. The van der Waals surface area contributed by atoms with E-state index in [1.807, 2.05) is 40.7 Å². The maximum absolute atomic E-state index is 12.3. The second kappa shape index (κ2) is 7.23. The van der Waals surface area contributed by atoms with Crippen LogP contribution in [0, 0.1) is 12.8 Å². The largest absolute Gasteiger partial charge is 0.312 e. The molecule has 0 unspecified atom stereocenters. The van der Waals surface area contributed by atoms with Crippen molar-refractivity contribution in [1.82, 2.24) is 9.88 Å². The Kier molecular flexibility index (Phi) is 5.08. The fraction of sp³-hybridized carbons (Fsp3) is 0.444. The highest BCUT2D eigenvalue weighted by Crippen LogP contribution is 2.25. The van der Waals surface area contributed by atoms with Crippen LogP contribution >= 0.6 is 11.3 Å². The van der Waals surface area contributed by atoms with Gasteiger partial charge in [-0.3, -0.25) is 4.79 Å². The normalized spacial score (nSPS) is 18.1. The summed E-state index contributed by atoms with van der Waals surface area (Å²) in [5, 5.41) is 0. The van der Waals surface area contributed by atoms with E-state index >= 15 is 0 Å². The molecular formula is C18H23N3OS. The Labute approximate surface area is 141 Å². The molecule has 0 radical (unpaired) electrons. The summed E-state index contributed by atoms with van der Waals surface area (Å²) in [4.78, 5) is 22.2. The molecule has 1 saturated heterocycles. The molecule has 1 atom stereocenters. The Bertz CT molecular complexity index is 655. The average molecular weight is 329 g/mol. The van der Waals surface area contributed by atoms with Crippen LogP contribution in [0.2, 0.25) is 0 Å². The molecule has 0 saturated carbocycles. The van der Waals surface area contributed by atoms with E-state index in [0.29, 0.717) is 12.3 Å². The average Bonchev–Trinajstić information content (AvgIpc) is 3.12. The molecule has 5 heteroatoms. The molecule has 3 rings (SSSR count). The lowest BCUT2D eigenvalue weighted by Crippen LogP contribution is -2.30. The molecule has 1 fully saturated rings. The van der Waals surface area contributed by atoms with Crippen LogP contribution in [0.5, 0.6) is 0 Å². The first-order chi connectivity index (χ1) is 11.1. The number of rotatable bonds is 6. The molecule has 1 aromatic carbocycles. The lowest BCUT2D eigenvalue weighted by Gasteiger charge is -2.21. The van der Waals surface area contributed by atoms with Crippen molar-refractivity contribution < 1.29 is 4.79 Å². The zero-order valence-electron chi connectivity index (χ0n) is 13.7. The summed E-state index contributed by atoms with van der Waals surface area (Å²) < 4.78 is 0. The number of para-hydroxylation sites is 1. The number of aryl methyl sites for hydroxylation is 1. The summed E-state index contributed by atoms with van der Waals surface area (Å²) in [5.41, 5.74) is 4.08. The molecule has 4 nitrogen and oxygen atoms in total. The van der Waals surface area contributed by atoms with Crippen molar-refractivity contribution in [3.05, 3.63) is 46.4 Å². The van der Waals surface area contributed by atoms with Gasteiger partial charge in [0.1, 0.15) is 0 Å². The van der Waals surface area contributed by atoms with Gasteiger partial charge in [-0.05, 0) is 38.4 Å². The van der Waals surface area contributed by atoms with Crippen LogP contribution in [0.25, 0.3) is 0 Å². The molecule has 2 aromatic rings. The zero-order chi connectivity index (χ0) is 16.2. The molecule has 23 heavy (non-hydrogen) atoms. The molecule has 1 aromatic heterocycles. The third-order valence-corrected chi connectivity index (χ3v) is 5.40. The molecule has 1 aliphatic rings. The number of hydrogen-bond acceptors (Lipinski definition) is 4. The van der Waals surface area contributed by atoms with Gasteiger partial charge in [-0.15, -0.1) is 11.3 Å². The molecule has 2 heterocycles. The minimum atomic E-state index is 0.243. The topological polar surface area (TPSA) is 36.4 Å². The predicted molar refractivity (Wildman–Crippen MR) is 95.0 cm³/mol. The standard InChI is InChI=1S/C18H23N3OS/c1-14-17(23-13-19-14)8-9-20(2)11-15-10-18(22)21(12-15)16-6-4-3-5-7-16/h3-7,13,15H,8-12H2,1-2H3/t15-/m1/s1. The van der Waals surface area contributed by atoms with Crippen LogP contribution in [0.1, 0.15) is 17.0 Å². The van der Waals surface area contributed by atoms with Crippen LogP contribution in [-0.4, -0.2) is 42.5 Å². The fourth-order valence-corrected chi connectivity index (χ4v) is 3.92. The van der Waals surface area contributed by atoms with E-state index < -0.39 is 0 Å². The first-order valence-electron chi connectivity index (χ1n) is 8.06. The van der Waals surface area contributed by atoms with Crippen molar-refractivity contribution in [2.75, 3.05) is 31.6 Å². The number of anilines is 1. The number of carbonyl (C=O) groups excluding carboxylic acids is 1. The third kappa shape index (κ3) is 3.98. The van der Waals surface area contributed by atoms with E-state index in [0.717, 1.165) is 37.4 Å². The van der Waals surface area contributed by atoms with E-state index in [-0.39, 0.29) is 5.91 Å². The number of nitrogens with zero attached hydrogens (tertiary/aromatic N) is 3. The van der Waals surface area contributed by atoms with Crippen LogP contribution < -0.4 is 4.90 Å². The minimum Gasteiger partial charge on any atom is -0.312 e. The van der Waals surface area contributed by atoms with Crippen molar-refractivity contribution in [2.24, 2.45) is 5.92 Å². The van der Waals surface area contributed by atoms with E-state index in [4.69, 9.17) is 0 Å². The first kappa shape index (κ1) is 16.1. The van der Waals surface area contributed by atoms with Crippen LogP contribution in [0.3, 0.4) is 0 Å². The zero-order valence-corrected chi connectivity index (χ0v) is 14.6. The van der Waals surface area contributed by atoms with Gasteiger partial charge in [-0.2, -0.15) is 0 Å². The summed E-state index contributed by atoms with van der Waals surface area (Å²) >= 11 is 1.73. The Morgan fingerprint density at radius 2 is 2.13 bits per heavy atom. The van der Waals surface area contributed by atoms with Gasteiger partial charge in [0, 0.05) is 36.6 Å². The number of likely N-dealkylation sites (N-methyl/N-ethyl adjacent to an activating group) is 1. The second-order valence-corrected chi connectivity index (χ2v) is 7.22. The summed E-state index contributed by atoms with van der Waals surface area (Å²) in [6, 6.07) is 9.97. The summed E-state index contributed by atoms with van der Waals surface area (Å²) in [7, 11) is 2.14. The van der Waals surface area contributed by atoms with Crippen LogP contribution in [-0.2, 0) is 11.2 Å². The Hall–Kier alpha value is -1.72. The summed E-state index contributed by atoms with van der Waals surface area (Å²) in [6.45, 7) is 4.87. The highest BCUT2D eigenvalue weighted by atomic mass is 32.1. The third-order valence-electron chi connectivity index (χ3n) is 4.41. The summed E-state index contributed by atoms with van der Waals surface area (Å²) in [5.74, 6) is 0.656. The lowest BCUT2D eigenvalue weighted by molar-refractivity contribution is -0.117. The Balaban J connectivity index is 1.51. The number of aromatic nitrogens is 1. The molecule has 0 N–H and O–H groups in total. The van der Waals surface area contributed by atoms with Crippen molar-refractivity contribution >= 4 is 22.9 Å². The molecule has 1 aliphatic heterocycles. The molecule has 0 aliphatic carbocycles. The van der Waals surface area contributed by atoms with Crippen molar-refractivity contribution in [3.8, 4) is 0 Å². The van der Waals surface area contributed by atoms with Crippen molar-refractivity contribution in [1.29, 1.82) is 0 Å². The molecule has 0 bridgehead atoms. The van der Waals surface area contributed by atoms with Gasteiger partial charge in [0.05, 0.1) is 11.2 Å². The monoisotopic (exact) mass is 329 g/mol. The molecular weight excluding hydrogens is 306 g/mol. The van der Waals surface area contributed by atoms with E-state index in [1.54, 1.807) is 11.3 Å². The maximum Gasteiger partial charge on any atom is 0.227 e. The highest BCUT2D eigenvalue weighted by molar-refractivity contribution is 7.09. The van der Waals surface area contributed by atoms with Gasteiger partial charge < -0.3 is 9.80 Å². The van der Waals surface area contributed by atoms with E-state index in [1.165, 1.54) is 4.88 Å². The van der Waals surface area contributed by atoms with E-state index in [9.17, 15) is 4.79 Å². The summed E-state index contributed by atoms with van der Waals surface area (Å²) in [6.07, 6.45) is 1.69. The van der Waals surface area contributed by atoms with Gasteiger partial charge in [-0.1, -0.05) is 18.2 Å². The van der Waals surface area contributed by atoms with Crippen molar-refractivity contribution in [3.63, 3.8) is 0 Å². The minimum absolute atomic E-state index is 0.243. The maximum atomic E-state index is 12.3.